The highest BCUT2D eigenvalue weighted by Gasteiger charge is 2.27. The Morgan fingerprint density at radius 3 is 2.35 bits per heavy atom. The van der Waals surface area contributed by atoms with E-state index in [1.165, 1.54) is 12.8 Å². The van der Waals surface area contributed by atoms with Crippen LogP contribution < -0.4 is 5.32 Å². The fourth-order valence-corrected chi connectivity index (χ4v) is 2.71. The molecular formula is C15H28N2O3. The Morgan fingerprint density at radius 2 is 1.85 bits per heavy atom. The van der Waals surface area contributed by atoms with Crippen LogP contribution in [-0.2, 0) is 4.79 Å². The molecule has 5 nitrogen and oxygen atoms in total. The molecule has 1 rings (SSSR count). The first-order chi connectivity index (χ1) is 9.40. The third kappa shape index (κ3) is 5.80. The van der Waals surface area contributed by atoms with Gasteiger partial charge in [-0.3, -0.25) is 4.79 Å². The van der Waals surface area contributed by atoms with Gasteiger partial charge in [0.05, 0.1) is 0 Å². The van der Waals surface area contributed by atoms with Crippen LogP contribution in [0.5, 0.6) is 0 Å². The lowest BCUT2D eigenvalue weighted by atomic mass is 10.1. The topological polar surface area (TPSA) is 69.6 Å². The second-order valence-corrected chi connectivity index (χ2v) is 6.27. The average Bonchev–Trinajstić information content (AvgIpc) is 2.86. The first-order valence-corrected chi connectivity index (χ1v) is 7.69. The van der Waals surface area contributed by atoms with E-state index < -0.39 is 5.97 Å². The maximum atomic E-state index is 12.4. The summed E-state index contributed by atoms with van der Waals surface area (Å²) >= 11 is 0. The Labute approximate surface area is 121 Å². The quantitative estimate of drug-likeness (QED) is 0.755. The van der Waals surface area contributed by atoms with E-state index in [1.54, 1.807) is 0 Å². The second kappa shape index (κ2) is 8.12. The van der Waals surface area contributed by atoms with Crippen LogP contribution in [0.1, 0.15) is 59.3 Å². The largest absolute Gasteiger partial charge is 0.481 e. The number of carbonyl (C=O) groups is 2. The fraction of sp³-hybridized carbons (Fsp3) is 0.867. The highest BCUT2D eigenvalue weighted by atomic mass is 16.4. The van der Waals surface area contributed by atoms with E-state index in [2.05, 4.69) is 19.2 Å². The number of nitrogens with zero attached hydrogens (tertiary/aromatic N) is 1. The van der Waals surface area contributed by atoms with Crippen molar-refractivity contribution in [2.75, 3.05) is 6.54 Å². The first kappa shape index (κ1) is 16.8. The maximum Gasteiger partial charge on any atom is 0.317 e. The number of amides is 2. The van der Waals surface area contributed by atoms with Crippen LogP contribution in [0.4, 0.5) is 4.79 Å². The van der Waals surface area contributed by atoms with Gasteiger partial charge in [0.1, 0.15) is 0 Å². The Balaban J connectivity index is 2.51. The molecule has 0 spiro atoms. The van der Waals surface area contributed by atoms with E-state index in [1.807, 2.05) is 11.8 Å². The van der Waals surface area contributed by atoms with Crippen LogP contribution in [0.3, 0.4) is 0 Å². The van der Waals surface area contributed by atoms with Crippen LogP contribution in [-0.4, -0.2) is 40.6 Å². The summed E-state index contributed by atoms with van der Waals surface area (Å²) in [5, 5.41) is 11.6. The van der Waals surface area contributed by atoms with E-state index in [-0.39, 0.29) is 18.5 Å². The number of hydrogen-bond donors (Lipinski definition) is 2. The first-order valence-electron chi connectivity index (χ1n) is 7.69. The van der Waals surface area contributed by atoms with Gasteiger partial charge in [0.15, 0.2) is 0 Å². The Kier molecular flexibility index (Phi) is 6.82. The standard InChI is InChI=1S/C15H28N2O3/c1-11(2)10-17(13-6-4-5-7-13)15(20)16-12(3)8-9-14(18)19/h11-13H,4-10H2,1-3H3,(H,16,20)(H,18,19). The second-order valence-electron chi connectivity index (χ2n) is 6.27. The summed E-state index contributed by atoms with van der Waals surface area (Å²) in [5.74, 6) is -0.378. The van der Waals surface area contributed by atoms with E-state index in [9.17, 15) is 9.59 Å². The molecule has 1 atom stereocenters. The van der Waals surface area contributed by atoms with Gasteiger partial charge in [-0.25, -0.2) is 4.79 Å². The molecule has 0 aromatic carbocycles. The lowest BCUT2D eigenvalue weighted by Crippen LogP contribution is -2.49. The summed E-state index contributed by atoms with van der Waals surface area (Å²) in [6.45, 7) is 6.86. The van der Waals surface area contributed by atoms with Gasteiger partial charge in [-0.2, -0.15) is 0 Å². The van der Waals surface area contributed by atoms with Gasteiger partial charge in [-0.1, -0.05) is 26.7 Å². The smallest absolute Gasteiger partial charge is 0.317 e. The van der Waals surface area contributed by atoms with Crippen LogP contribution in [0.15, 0.2) is 0 Å². The number of carboxylic acids is 1. The number of carboxylic acid groups (broad SMARTS) is 1. The molecule has 2 amide bonds. The van der Waals surface area contributed by atoms with E-state index in [0.717, 1.165) is 19.4 Å². The van der Waals surface area contributed by atoms with E-state index in [0.29, 0.717) is 18.4 Å². The van der Waals surface area contributed by atoms with Gasteiger partial charge in [-0.15, -0.1) is 0 Å². The third-order valence-corrected chi connectivity index (χ3v) is 3.75. The number of hydrogen-bond acceptors (Lipinski definition) is 2. The highest BCUT2D eigenvalue weighted by Crippen LogP contribution is 2.24. The van der Waals surface area contributed by atoms with Gasteiger partial charge in [0.25, 0.3) is 0 Å². The van der Waals surface area contributed by atoms with Gasteiger partial charge in [0.2, 0.25) is 0 Å². The Hall–Kier alpha value is -1.26. The third-order valence-electron chi connectivity index (χ3n) is 3.75. The number of carbonyl (C=O) groups excluding carboxylic acids is 1. The van der Waals surface area contributed by atoms with Crippen molar-refractivity contribution in [3.05, 3.63) is 0 Å². The van der Waals surface area contributed by atoms with Gasteiger partial charge in [-0.05, 0) is 32.1 Å². The van der Waals surface area contributed by atoms with Crippen molar-refractivity contribution in [2.24, 2.45) is 5.92 Å². The molecule has 116 valence electrons. The zero-order valence-electron chi connectivity index (χ0n) is 12.9. The predicted molar refractivity (Wildman–Crippen MR) is 78.7 cm³/mol. The molecule has 2 N–H and O–H groups in total. The zero-order valence-corrected chi connectivity index (χ0v) is 12.9. The van der Waals surface area contributed by atoms with Gasteiger partial charge >= 0.3 is 12.0 Å². The summed E-state index contributed by atoms with van der Waals surface area (Å²) in [4.78, 5) is 24.9. The summed E-state index contributed by atoms with van der Waals surface area (Å²) < 4.78 is 0. The van der Waals surface area contributed by atoms with Crippen molar-refractivity contribution in [2.45, 2.75) is 71.4 Å². The van der Waals surface area contributed by atoms with Crippen LogP contribution in [0.2, 0.25) is 0 Å². The molecule has 0 bridgehead atoms. The molecule has 1 aliphatic carbocycles. The summed E-state index contributed by atoms with van der Waals surface area (Å²) in [6, 6.07) is 0.210. The number of urea groups is 1. The van der Waals surface area contributed by atoms with Gasteiger partial charge < -0.3 is 15.3 Å². The maximum absolute atomic E-state index is 12.4. The molecule has 1 unspecified atom stereocenters. The van der Waals surface area contributed by atoms with Crippen LogP contribution in [0, 0.1) is 5.92 Å². The molecule has 20 heavy (non-hydrogen) atoms. The van der Waals surface area contributed by atoms with Crippen molar-refractivity contribution < 1.29 is 14.7 Å². The van der Waals surface area contributed by atoms with Crippen LogP contribution in [0.25, 0.3) is 0 Å². The summed E-state index contributed by atoms with van der Waals surface area (Å²) in [6.07, 6.45) is 5.13. The molecule has 0 aromatic rings. The molecule has 0 saturated heterocycles. The molecule has 1 fully saturated rings. The average molecular weight is 284 g/mol. The fourth-order valence-electron chi connectivity index (χ4n) is 2.71. The molecule has 0 heterocycles. The SMILES string of the molecule is CC(C)CN(C(=O)NC(C)CCC(=O)O)C1CCCC1. The normalized spacial score (nSPS) is 17.2. The molecule has 1 saturated carbocycles. The van der Waals surface area contributed by atoms with Crippen molar-refractivity contribution in [1.82, 2.24) is 10.2 Å². The molecule has 5 heteroatoms. The van der Waals surface area contributed by atoms with Crippen LogP contribution >= 0.6 is 0 Å². The minimum atomic E-state index is -0.819. The zero-order chi connectivity index (χ0) is 15.1. The Bertz CT molecular complexity index is 325. The van der Waals surface area contributed by atoms with Crippen molar-refractivity contribution in [3.63, 3.8) is 0 Å². The summed E-state index contributed by atoms with van der Waals surface area (Å²) in [5.41, 5.74) is 0. The lowest BCUT2D eigenvalue weighted by molar-refractivity contribution is -0.137. The predicted octanol–water partition coefficient (Wildman–Crippen LogP) is 2.85. The molecule has 0 aliphatic heterocycles. The summed E-state index contributed by atoms with van der Waals surface area (Å²) in [7, 11) is 0. The minimum absolute atomic E-state index is 0.0384. The minimum Gasteiger partial charge on any atom is -0.481 e. The number of rotatable bonds is 7. The number of aliphatic carboxylic acids is 1. The molecule has 0 aromatic heterocycles. The van der Waals surface area contributed by atoms with Gasteiger partial charge in [0, 0.05) is 25.0 Å². The van der Waals surface area contributed by atoms with E-state index in [4.69, 9.17) is 5.11 Å². The van der Waals surface area contributed by atoms with Crippen molar-refractivity contribution >= 4 is 12.0 Å². The highest BCUT2D eigenvalue weighted by molar-refractivity contribution is 5.75. The monoisotopic (exact) mass is 284 g/mol. The van der Waals surface area contributed by atoms with Crippen molar-refractivity contribution in [1.29, 1.82) is 0 Å². The van der Waals surface area contributed by atoms with E-state index >= 15 is 0 Å². The molecule has 1 aliphatic rings. The Morgan fingerprint density at radius 1 is 1.25 bits per heavy atom. The number of nitrogens with one attached hydrogen (secondary N) is 1. The molecule has 0 radical (unpaired) electrons. The lowest BCUT2D eigenvalue weighted by Gasteiger charge is -2.32. The van der Waals surface area contributed by atoms with Crippen molar-refractivity contribution in [3.8, 4) is 0 Å². The molecular weight excluding hydrogens is 256 g/mol.